The lowest BCUT2D eigenvalue weighted by Gasteiger charge is -2.38. The Hall–Kier alpha value is -0.520. The van der Waals surface area contributed by atoms with E-state index in [1.165, 1.54) is 75.4 Å². The lowest BCUT2D eigenvalue weighted by Crippen LogP contribution is -2.27. The molecule has 2 rings (SSSR count). The Morgan fingerprint density at radius 3 is 2.38 bits per heavy atom. The van der Waals surface area contributed by atoms with Crippen LogP contribution in [0.3, 0.4) is 0 Å². The second-order valence-corrected chi connectivity index (χ2v) is 7.71. The molecule has 21 heavy (non-hydrogen) atoms. The average molecular weight is 289 g/mol. The van der Waals surface area contributed by atoms with E-state index in [1.807, 2.05) is 0 Å². The van der Waals surface area contributed by atoms with Gasteiger partial charge in [0.15, 0.2) is 0 Å². The summed E-state index contributed by atoms with van der Waals surface area (Å²) in [5.41, 5.74) is 2.94. The fourth-order valence-corrected chi connectivity index (χ4v) is 4.33. The highest BCUT2D eigenvalue weighted by Gasteiger charge is 2.34. The predicted molar refractivity (Wildman–Crippen MR) is 94.4 cm³/mol. The third kappa shape index (κ3) is 5.01. The zero-order chi connectivity index (χ0) is 15.2. The zero-order valence-corrected chi connectivity index (χ0v) is 14.7. The predicted octanol–water partition coefficient (Wildman–Crippen LogP) is 6.92. The highest BCUT2D eigenvalue weighted by atomic mass is 14.4. The Balaban J connectivity index is 1.95. The minimum atomic E-state index is 0.772. The first-order valence-corrected chi connectivity index (χ1v) is 9.51. The standard InChI is InChI=1S/C21H36/c1-5-7-9-16(3)17(4)21-13-12-19(14-18-10-11-18)15-20(21)8-6-2/h9,18-21H,4-8,10-15H2,1-3H3/b16-9+. The molecule has 0 bridgehead atoms. The van der Waals surface area contributed by atoms with Crippen LogP contribution in [0, 0.1) is 23.7 Å². The summed E-state index contributed by atoms with van der Waals surface area (Å²) in [5, 5.41) is 0. The summed E-state index contributed by atoms with van der Waals surface area (Å²) in [6, 6.07) is 0. The number of hydrogen-bond donors (Lipinski definition) is 0. The van der Waals surface area contributed by atoms with Crippen molar-refractivity contribution in [2.45, 2.75) is 85.0 Å². The van der Waals surface area contributed by atoms with Crippen molar-refractivity contribution >= 4 is 0 Å². The average Bonchev–Trinajstić information content (AvgIpc) is 3.28. The summed E-state index contributed by atoms with van der Waals surface area (Å²) in [7, 11) is 0. The molecule has 0 aromatic carbocycles. The maximum Gasteiger partial charge on any atom is -0.0137 e. The van der Waals surface area contributed by atoms with Crippen molar-refractivity contribution < 1.29 is 0 Å². The van der Waals surface area contributed by atoms with Crippen LogP contribution < -0.4 is 0 Å². The summed E-state index contributed by atoms with van der Waals surface area (Å²) in [4.78, 5) is 0. The monoisotopic (exact) mass is 288 g/mol. The van der Waals surface area contributed by atoms with Gasteiger partial charge in [0.2, 0.25) is 0 Å². The van der Waals surface area contributed by atoms with E-state index < -0.39 is 0 Å². The van der Waals surface area contributed by atoms with Gasteiger partial charge < -0.3 is 0 Å². The molecule has 0 aromatic rings. The molecule has 0 nitrogen and oxygen atoms in total. The first kappa shape index (κ1) is 16.8. The first-order valence-electron chi connectivity index (χ1n) is 9.51. The Morgan fingerprint density at radius 1 is 1.05 bits per heavy atom. The Labute approximate surface area is 133 Å². The smallest absolute Gasteiger partial charge is 0.0137 e. The molecule has 0 saturated heterocycles. The number of rotatable bonds is 8. The van der Waals surface area contributed by atoms with Crippen LogP contribution in [0.2, 0.25) is 0 Å². The van der Waals surface area contributed by atoms with Gasteiger partial charge in [0.25, 0.3) is 0 Å². The SMILES string of the molecule is C=C(/C(C)=C/CCC)C1CCC(CC2CC2)CC1CCC. The minimum Gasteiger partial charge on any atom is -0.0953 e. The van der Waals surface area contributed by atoms with E-state index in [4.69, 9.17) is 0 Å². The van der Waals surface area contributed by atoms with Crippen molar-refractivity contribution in [2.75, 3.05) is 0 Å². The van der Waals surface area contributed by atoms with Crippen LogP contribution in [0.1, 0.15) is 85.0 Å². The molecule has 0 heterocycles. The second-order valence-electron chi connectivity index (χ2n) is 7.71. The number of unbranched alkanes of at least 4 members (excludes halogenated alkanes) is 1. The molecule has 3 unspecified atom stereocenters. The van der Waals surface area contributed by atoms with E-state index in [0.717, 1.165) is 23.7 Å². The highest BCUT2D eigenvalue weighted by molar-refractivity contribution is 5.29. The third-order valence-corrected chi connectivity index (χ3v) is 5.81. The second kappa shape index (κ2) is 8.20. The van der Waals surface area contributed by atoms with Crippen LogP contribution in [-0.4, -0.2) is 0 Å². The Bertz CT molecular complexity index is 358. The van der Waals surface area contributed by atoms with Crippen LogP contribution in [0.4, 0.5) is 0 Å². The summed E-state index contributed by atoms with van der Waals surface area (Å²) >= 11 is 0. The summed E-state index contributed by atoms with van der Waals surface area (Å²) < 4.78 is 0. The molecule has 2 aliphatic carbocycles. The maximum absolute atomic E-state index is 4.49. The van der Waals surface area contributed by atoms with Crippen molar-refractivity contribution in [1.82, 2.24) is 0 Å². The molecule has 2 aliphatic rings. The molecule has 0 heteroatoms. The van der Waals surface area contributed by atoms with Gasteiger partial charge in [-0.05, 0) is 68.3 Å². The topological polar surface area (TPSA) is 0 Å². The van der Waals surface area contributed by atoms with Gasteiger partial charge in [-0.2, -0.15) is 0 Å². The summed E-state index contributed by atoms with van der Waals surface area (Å²) in [5.74, 6) is 3.81. The normalized spacial score (nSPS) is 30.4. The first-order chi connectivity index (χ1) is 10.2. The fourth-order valence-electron chi connectivity index (χ4n) is 4.33. The molecule has 0 radical (unpaired) electrons. The fraction of sp³-hybridized carbons (Fsp3) is 0.810. The molecule has 2 fully saturated rings. The Morgan fingerprint density at radius 2 is 1.76 bits per heavy atom. The Kier molecular flexibility index (Phi) is 6.58. The summed E-state index contributed by atoms with van der Waals surface area (Å²) in [6.07, 6.45) is 16.5. The molecular formula is C21H36. The van der Waals surface area contributed by atoms with Crippen LogP contribution in [0.5, 0.6) is 0 Å². The summed E-state index contributed by atoms with van der Waals surface area (Å²) in [6.45, 7) is 11.4. The van der Waals surface area contributed by atoms with Crippen molar-refractivity contribution in [3.8, 4) is 0 Å². The molecule has 0 aromatic heterocycles. The van der Waals surface area contributed by atoms with E-state index in [-0.39, 0.29) is 0 Å². The zero-order valence-electron chi connectivity index (χ0n) is 14.7. The molecule has 3 atom stereocenters. The van der Waals surface area contributed by atoms with Crippen LogP contribution in [0.15, 0.2) is 23.8 Å². The lowest BCUT2D eigenvalue weighted by molar-refractivity contribution is 0.183. The molecular weight excluding hydrogens is 252 g/mol. The van der Waals surface area contributed by atoms with E-state index in [2.05, 4.69) is 33.4 Å². The molecule has 0 N–H and O–H groups in total. The van der Waals surface area contributed by atoms with Gasteiger partial charge >= 0.3 is 0 Å². The minimum absolute atomic E-state index is 0.772. The van der Waals surface area contributed by atoms with Gasteiger partial charge in [0, 0.05) is 0 Å². The largest absolute Gasteiger partial charge is 0.0953 e. The molecule has 120 valence electrons. The van der Waals surface area contributed by atoms with Crippen molar-refractivity contribution in [2.24, 2.45) is 23.7 Å². The van der Waals surface area contributed by atoms with Gasteiger partial charge in [0.05, 0.1) is 0 Å². The van der Waals surface area contributed by atoms with Gasteiger partial charge in [-0.3, -0.25) is 0 Å². The van der Waals surface area contributed by atoms with Crippen LogP contribution in [0.25, 0.3) is 0 Å². The van der Waals surface area contributed by atoms with E-state index in [9.17, 15) is 0 Å². The lowest BCUT2D eigenvalue weighted by atomic mass is 9.67. The molecule has 0 aliphatic heterocycles. The van der Waals surface area contributed by atoms with Crippen LogP contribution >= 0.6 is 0 Å². The van der Waals surface area contributed by atoms with Gasteiger partial charge in [-0.25, -0.2) is 0 Å². The van der Waals surface area contributed by atoms with E-state index in [0.29, 0.717) is 0 Å². The quantitative estimate of drug-likeness (QED) is 0.425. The molecule has 0 amide bonds. The number of allylic oxidation sites excluding steroid dienone is 3. The van der Waals surface area contributed by atoms with E-state index >= 15 is 0 Å². The van der Waals surface area contributed by atoms with Crippen LogP contribution in [-0.2, 0) is 0 Å². The van der Waals surface area contributed by atoms with Crippen molar-refractivity contribution in [1.29, 1.82) is 0 Å². The van der Waals surface area contributed by atoms with E-state index in [1.54, 1.807) is 0 Å². The third-order valence-electron chi connectivity index (χ3n) is 5.81. The number of hydrogen-bond acceptors (Lipinski definition) is 0. The molecule has 2 saturated carbocycles. The highest BCUT2D eigenvalue weighted by Crippen LogP contribution is 2.46. The van der Waals surface area contributed by atoms with Crippen molar-refractivity contribution in [3.63, 3.8) is 0 Å². The maximum atomic E-state index is 4.49. The van der Waals surface area contributed by atoms with Gasteiger partial charge in [-0.1, -0.05) is 64.2 Å². The van der Waals surface area contributed by atoms with Gasteiger partial charge in [-0.15, -0.1) is 0 Å². The molecule has 0 spiro atoms. The van der Waals surface area contributed by atoms with Crippen molar-refractivity contribution in [3.05, 3.63) is 23.8 Å². The van der Waals surface area contributed by atoms with Gasteiger partial charge in [0.1, 0.15) is 0 Å².